The van der Waals surface area contributed by atoms with Gasteiger partial charge in [0.25, 0.3) is 0 Å². The van der Waals surface area contributed by atoms with Crippen molar-refractivity contribution in [3.8, 4) is 11.4 Å². The molecule has 0 saturated heterocycles. The van der Waals surface area contributed by atoms with Gasteiger partial charge < -0.3 is 9.63 Å². The molecule has 6 nitrogen and oxygen atoms in total. The minimum Gasteiger partial charge on any atom is -0.481 e. The first kappa shape index (κ1) is 16.9. The Morgan fingerprint density at radius 3 is 2.78 bits per heavy atom. The summed E-state index contributed by atoms with van der Waals surface area (Å²) in [6.45, 7) is 0.496. The Bertz CT molecular complexity index is 685. The molecule has 0 unspecified atom stereocenters. The third-order valence-corrected chi connectivity index (χ3v) is 3.03. The van der Waals surface area contributed by atoms with Crippen molar-refractivity contribution in [2.45, 2.75) is 19.1 Å². The molecule has 0 aliphatic heterocycles. The first-order valence-corrected chi connectivity index (χ1v) is 6.66. The fraction of sp³-hybridized carbons (Fsp3) is 0.357. The van der Waals surface area contributed by atoms with E-state index in [1.165, 1.54) is 12.1 Å². The van der Waals surface area contributed by atoms with E-state index in [1.54, 1.807) is 11.9 Å². The number of hydrogen-bond acceptors (Lipinski definition) is 5. The maximum atomic E-state index is 12.7. The van der Waals surface area contributed by atoms with Gasteiger partial charge in [0.1, 0.15) is 0 Å². The molecule has 1 heterocycles. The smallest absolute Gasteiger partial charge is 0.416 e. The topological polar surface area (TPSA) is 79.5 Å². The Labute approximate surface area is 129 Å². The van der Waals surface area contributed by atoms with Crippen LogP contribution < -0.4 is 0 Å². The van der Waals surface area contributed by atoms with Crippen LogP contribution in [-0.4, -0.2) is 39.7 Å². The SMILES string of the molecule is CN(CCC(=O)O)Cc1nc(-c2cccc(C(F)(F)F)c2)no1. The highest BCUT2D eigenvalue weighted by molar-refractivity contribution is 5.66. The van der Waals surface area contributed by atoms with E-state index >= 15 is 0 Å². The largest absolute Gasteiger partial charge is 0.481 e. The number of halogens is 3. The number of carbonyl (C=O) groups is 1. The Morgan fingerprint density at radius 2 is 2.13 bits per heavy atom. The molecule has 0 atom stereocenters. The van der Waals surface area contributed by atoms with Crippen LogP contribution in [0.15, 0.2) is 28.8 Å². The molecule has 0 radical (unpaired) electrons. The van der Waals surface area contributed by atoms with Crippen LogP contribution in [0.4, 0.5) is 13.2 Å². The molecule has 0 saturated carbocycles. The summed E-state index contributed by atoms with van der Waals surface area (Å²) in [5, 5.41) is 12.3. The van der Waals surface area contributed by atoms with Gasteiger partial charge in [0.15, 0.2) is 0 Å². The highest BCUT2D eigenvalue weighted by atomic mass is 19.4. The molecular formula is C14H14F3N3O3. The zero-order valence-electron chi connectivity index (χ0n) is 12.2. The van der Waals surface area contributed by atoms with Crippen molar-refractivity contribution in [3.63, 3.8) is 0 Å². The predicted octanol–water partition coefficient (Wildman–Crippen LogP) is 2.66. The third kappa shape index (κ3) is 4.78. The molecule has 1 N–H and O–H groups in total. The van der Waals surface area contributed by atoms with Gasteiger partial charge in [-0.1, -0.05) is 17.3 Å². The van der Waals surface area contributed by atoms with Gasteiger partial charge in [-0.25, -0.2) is 0 Å². The molecule has 0 aliphatic carbocycles. The van der Waals surface area contributed by atoms with Crippen LogP contribution in [0.5, 0.6) is 0 Å². The molecule has 23 heavy (non-hydrogen) atoms. The van der Waals surface area contributed by atoms with Crippen LogP contribution in [0, 0.1) is 0 Å². The minimum atomic E-state index is -4.44. The molecular weight excluding hydrogens is 315 g/mol. The number of carboxylic acid groups (broad SMARTS) is 1. The van der Waals surface area contributed by atoms with Gasteiger partial charge in [-0.05, 0) is 19.2 Å². The number of hydrogen-bond donors (Lipinski definition) is 1. The second-order valence-corrected chi connectivity index (χ2v) is 4.97. The molecule has 0 bridgehead atoms. The van der Waals surface area contributed by atoms with Gasteiger partial charge in [0.2, 0.25) is 11.7 Å². The Morgan fingerprint density at radius 1 is 1.39 bits per heavy atom. The van der Waals surface area contributed by atoms with Crippen molar-refractivity contribution in [2.24, 2.45) is 0 Å². The normalized spacial score (nSPS) is 11.9. The lowest BCUT2D eigenvalue weighted by Crippen LogP contribution is -2.21. The van der Waals surface area contributed by atoms with Gasteiger partial charge >= 0.3 is 12.1 Å². The van der Waals surface area contributed by atoms with Crippen molar-refractivity contribution in [3.05, 3.63) is 35.7 Å². The lowest BCUT2D eigenvalue weighted by molar-refractivity contribution is -0.138. The zero-order valence-corrected chi connectivity index (χ0v) is 12.2. The van der Waals surface area contributed by atoms with E-state index in [4.69, 9.17) is 9.63 Å². The second kappa shape index (κ2) is 6.78. The third-order valence-electron chi connectivity index (χ3n) is 3.03. The predicted molar refractivity (Wildman–Crippen MR) is 73.3 cm³/mol. The summed E-state index contributed by atoms with van der Waals surface area (Å²) in [5.74, 6) is -0.671. The molecule has 0 fully saturated rings. The molecule has 9 heteroatoms. The second-order valence-electron chi connectivity index (χ2n) is 4.97. The number of carboxylic acids is 1. The molecule has 2 aromatic rings. The minimum absolute atomic E-state index is 0.0366. The van der Waals surface area contributed by atoms with Crippen molar-refractivity contribution < 1.29 is 27.6 Å². The van der Waals surface area contributed by atoms with Gasteiger partial charge in [-0.3, -0.25) is 9.69 Å². The van der Waals surface area contributed by atoms with Crippen LogP contribution in [-0.2, 0) is 17.5 Å². The van der Waals surface area contributed by atoms with Gasteiger partial charge in [-0.2, -0.15) is 18.2 Å². The first-order chi connectivity index (χ1) is 10.8. The summed E-state index contributed by atoms with van der Waals surface area (Å²) in [6.07, 6.45) is -4.48. The number of aliphatic carboxylic acids is 1. The fourth-order valence-electron chi connectivity index (χ4n) is 1.87. The summed E-state index contributed by atoms with van der Waals surface area (Å²) < 4.78 is 43.1. The van der Waals surface area contributed by atoms with Crippen molar-refractivity contribution in [1.29, 1.82) is 0 Å². The summed E-state index contributed by atoms with van der Waals surface area (Å²) in [4.78, 5) is 16.2. The van der Waals surface area contributed by atoms with Crippen LogP contribution in [0.25, 0.3) is 11.4 Å². The maximum absolute atomic E-state index is 12.7. The van der Waals surface area contributed by atoms with Crippen molar-refractivity contribution in [1.82, 2.24) is 15.0 Å². The number of aromatic nitrogens is 2. The Hall–Kier alpha value is -2.42. The fourth-order valence-corrected chi connectivity index (χ4v) is 1.87. The Kier molecular flexibility index (Phi) is 4.99. The average molecular weight is 329 g/mol. The molecule has 0 spiro atoms. The highest BCUT2D eigenvalue weighted by Crippen LogP contribution is 2.31. The molecule has 1 aromatic heterocycles. The van der Waals surface area contributed by atoms with E-state index in [0.717, 1.165) is 12.1 Å². The van der Waals surface area contributed by atoms with Gasteiger partial charge in [0.05, 0.1) is 18.5 Å². The van der Waals surface area contributed by atoms with E-state index < -0.39 is 17.7 Å². The molecule has 124 valence electrons. The number of rotatable bonds is 6. The van der Waals surface area contributed by atoms with Crippen molar-refractivity contribution in [2.75, 3.05) is 13.6 Å². The van der Waals surface area contributed by atoms with Crippen LogP contribution >= 0.6 is 0 Å². The van der Waals surface area contributed by atoms with E-state index in [1.807, 2.05) is 0 Å². The molecule has 0 amide bonds. The summed E-state index contributed by atoms with van der Waals surface area (Å²) in [7, 11) is 1.68. The number of benzene rings is 1. The first-order valence-electron chi connectivity index (χ1n) is 6.66. The van der Waals surface area contributed by atoms with Gasteiger partial charge in [0, 0.05) is 12.1 Å². The molecule has 2 rings (SSSR count). The lowest BCUT2D eigenvalue weighted by Gasteiger charge is -2.11. The van der Waals surface area contributed by atoms with E-state index in [-0.39, 0.29) is 36.8 Å². The lowest BCUT2D eigenvalue weighted by atomic mass is 10.1. The average Bonchev–Trinajstić information content (AvgIpc) is 2.93. The molecule has 0 aliphatic rings. The number of nitrogens with zero attached hydrogens (tertiary/aromatic N) is 3. The highest BCUT2D eigenvalue weighted by Gasteiger charge is 2.30. The summed E-state index contributed by atoms with van der Waals surface area (Å²) in [6, 6.07) is 4.64. The van der Waals surface area contributed by atoms with Crippen LogP contribution in [0.3, 0.4) is 0 Å². The quantitative estimate of drug-likeness (QED) is 0.878. The van der Waals surface area contributed by atoms with Gasteiger partial charge in [-0.15, -0.1) is 0 Å². The molecule has 1 aromatic carbocycles. The monoisotopic (exact) mass is 329 g/mol. The van der Waals surface area contributed by atoms with Crippen molar-refractivity contribution >= 4 is 5.97 Å². The zero-order chi connectivity index (χ0) is 17.0. The van der Waals surface area contributed by atoms with Crippen LogP contribution in [0.2, 0.25) is 0 Å². The summed E-state index contributed by atoms with van der Waals surface area (Å²) in [5.41, 5.74) is -0.594. The van der Waals surface area contributed by atoms with E-state index in [9.17, 15) is 18.0 Å². The number of alkyl halides is 3. The summed E-state index contributed by atoms with van der Waals surface area (Å²) >= 11 is 0. The Balaban J connectivity index is 2.09. The maximum Gasteiger partial charge on any atom is 0.416 e. The van der Waals surface area contributed by atoms with Crippen LogP contribution in [0.1, 0.15) is 17.9 Å². The standard InChI is InChI=1S/C14H14F3N3O3/c1-20(6-5-12(21)22)8-11-18-13(19-23-11)9-3-2-4-10(7-9)14(15,16)17/h2-4,7H,5-6,8H2,1H3,(H,21,22). The van der Waals surface area contributed by atoms with E-state index in [0.29, 0.717) is 0 Å². The van der Waals surface area contributed by atoms with E-state index in [2.05, 4.69) is 10.1 Å².